The average Bonchev–Trinajstić information content (AvgIpc) is 3.14. The first-order valence-corrected chi connectivity index (χ1v) is 11.6. The van der Waals surface area contributed by atoms with Gasteiger partial charge in [-0.25, -0.2) is 13.2 Å². The Hall–Kier alpha value is -3.32. The fourth-order valence-corrected chi connectivity index (χ4v) is 5.25. The summed E-state index contributed by atoms with van der Waals surface area (Å²) in [7, 11) is -3.67. The number of amides is 2. The first-order chi connectivity index (χ1) is 14.7. The molecule has 0 spiro atoms. The van der Waals surface area contributed by atoms with E-state index in [-0.39, 0.29) is 10.9 Å². The Labute approximate surface area is 183 Å². The molecule has 2 N–H and O–H groups in total. The summed E-state index contributed by atoms with van der Waals surface area (Å²) in [6.07, 6.45) is 0.634. The zero-order valence-electron chi connectivity index (χ0n) is 17.8. The lowest BCUT2D eigenvalue weighted by Gasteiger charge is -2.20. The SMILES string of the molecule is Cc1ccc(S(=O)(=O)N2CCc3ccc(NC(=O)Nc4ccc(C)cc4C)cc32)cc1. The predicted octanol–water partition coefficient (Wildman–Crippen LogP) is 5.01. The maximum Gasteiger partial charge on any atom is 0.323 e. The molecular formula is C24H25N3O3S. The van der Waals surface area contributed by atoms with Crippen molar-refractivity contribution in [2.45, 2.75) is 32.1 Å². The standard InChI is InChI=1S/C24H25N3O3S/c1-16-4-9-21(10-5-16)31(29,30)27-13-12-19-7-8-20(15-23(19)27)25-24(28)26-22-11-6-17(2)14-18(22)3/h4-11,14-15H,12-13H2,1-3H3,(H2,25,26,28). The largest absolute Gasteiger partial charge is 0.323 e. The van der Waals surface area contributed by atoms with Gasteiger partial charge in [-0.3, -0.25) is 4.31 Å². The first-order valence-electron chi connectivity index (χ1n) is 10.1. The third kappa shape index (κ3) is 4.27. The zero-order chi connectivity index (χ0) is 22.2. The lowest BCUT2D eigenvalue weighted by Crippen LogP contribution is -2.29. The van der Waals surface area contributed by atoms with Crippen LogP contribution in [0.5, 0.6) is 0 Å². The van der Waals surface area contributed by atoms with Gasteiger partial charge in [-0.15, -0.1) is 0 Å². The van der Waals surface area contributed by atoms with Gasteiger partial charge in [0.15, 0.2) is 0 Å². The Kier molecular flexibility index (Phi) is 5.45. The average molecular weight is 436 g/mol. The third-order valence-corrected chi connectivity index (χ3v) is 7.26. The number of nitrogens with one attached hydrogen (secondary N) is 2. The van der Waals surface area contributed by atoms with Crippen LogP contribution < -0.4 is 14.9 Å². The molecule has 0 aromatic heterocycles. The molecule has 31 heavy (non-hydrogen) atoms. The number of fused-ring (bicyclic) bond motifs is 1. The maximum absolute atomic E-state index is 13.2. The minimum Gasteiger partial charge on any atom is -0.308 e. The van der Waals surface area contributed by atoms with E-state index < -0.39 is 10.0 Å². The molecule has 0 fully saturated rings. The monoisotopic (exact) mass is 435 g/mol. The van der Waals surface area contributed by atoms with Crippen LogP contribution in [0.2, 0.25) is 0 Å². The summed E-state index contributed by atoms with van der Waals surface area (Å²) < 4.78 is 27.8. The molecule has 4 rings (SSSR count). The molecular weight excluding hydrogens is 410 g/mol. The summed E-state index contributed by atoms with van der Waals surface area (Å²) in [4.78, 5) is 12.8. The number of urea groups is 1. The first kappa shape index (κ1) is 20.9. The molecule has 0 bridgehead atoms. The van der Waals surface area contributed by atoms with Crippen LogP contribution in [0.4, 0.5) is 21.9 Å². The Morgan fingerprint density at radius 2 is 1.58 bits per heavy atom. The van der Waals surface area contributed by atoms with Crippen molar-refractivity contribution in [3.05, 3.63) is 82.9 Å². The summed E-state index contributed by atoms with van der Waals surface area (Å²) in [6, 6.07) is 17.6. The highest BCUT2D eigenvalue weighted by Gasteiger charge is 2.31. The normalized spacial score (nSPS) is 13.1. The maximum atomic E-state index is 13.2. The topological polar surface area (TPSA) is 78.5 Å². The predicted molar refractivity (Wildman–Crippen MR) is 124 cm³/mol. The summed E-state index contributed by atoms with van der Waals surface area (Å²) in [5, 5.41) is 5.65. The minimum atomic E-state index is -3.67. The van der Waals surface area contributed by atoms with E-state index in [1.807, 2.05) is 45.0 Å². The lowest BCUT2D eigenvalue weighted by atomic mass is 10.1. The number of aryl methyl sites for hydroxylation is 3. The molecule has 0 saturated heterocycles. The van der Waals surface area contributed by atoms with Crippen LogP contribution in [0.25, 0.3) is 0 Å². The molecule has 2 amide bonds. The molecule has 0 unspecified atom stereocenters. The van der Waals surface area contributed by atoms with E-state index in [0.29, 0.717) is 24.3 Å². The van der Waals surface area contributed by atoms with E-state index in [4.69, 9.17) is 0 Å². The Balaban J connectivity index is 1.55. The molecule has 160 valence electrons. The number of carbonyl (C=O) groups excluding carboxylic acids is 1. The molecule has 1 aliphatic rings. The zero-order valence-corrected chi connectivity index (χ0v) is 18.6. The summed E-state index contributed by atoms with van der Waals surface area (Å²) in [5.41, 5.74) is 5.90. The number of sulfonamides is 1. The van der Waals surface area contributed by atoms with Crippen LogP contribution in [0.3, 0.4) is 0 Å². The van der Waals surface area contributed by atoms with Gasteiger partial charge in [0.25, 0.3) is 10.0 Å². The molecule has 0 radical (unpaired) electrons. The van der Waals surface area contributed by atoms with E-state index >= 15 is 0 Å². The van der Waals surface area contributed by atoms with Crippen molar-refractivity contribution in [3.8, 4) is 0 Å². The van der Waals surface area contributed by atoms with Gasteiger partial charge in [0.2, 0.25) is 0 Å². The highest BCUT2D eigenvalue weighted by atomic mass is 32.2. The van der Waals surface area contributed by atoms with E-state index in [9.17, 15) is 13.2 Å². The molecule has 1 heterocycles. The van der Waals surface area contributed by atoms with E-state index in [1.54, 1.807) is 36.4 Å². The minimum absolute atomic E-state index is 0.261. The number of hydrogen-bond donors (Lipinski definition) is 2. The number of rotatable bonds is 4. The fraction of sp³-hybridized carbons (Fsp3) is 0.208. The molecule has 3 aromatic carbocycles. The van der Waals surface area contributed by atoms with Gasteiger partial charge in [-0.1, -0.05) is 41.5 Å². The van der Waals surface area contributed by atoms with Crippen molar-refractivity contribution in [2.75, 3.05) is 21.5 Å². The van der Waals surface area contributed by atoms with E-state index in [0.717, 1.165) is 27.9 Å². The van der Waals surface area contributed by atoms with E-state index in [2.05, 4.69) is 10.6 Å². The highest BCUT2D eigenvalue weighted by molar-refractivity contribution is 7.92. The van der Waals surface area contributed by atoms with Crippen LogP contribution in [0.15, 0.2) is 65.6 Å². The highest BCUT2D eigenvalue weighted by Crippen LogP contribution is 2.35. The van der Waals surface area contributed by atoms with Crippen molar-refractivity contribution >= 4 is 33.1 Å². The van der Waals surface area contributed by atoms with Crippen molar-refractivity contribution in [2.24, 2.45) is 0 Å². The second-order valence-corrected chi connectivity index (χ2v) is 9.74. The van der Waals surface area contributed by atoms with Gasteiger partial charge >= 0.3 is 6.03 Å². The summed E-state index contributed by atoms with van der Waals surface area (Å²) >= 11 is 0. The van der Waals surface area contributed by atoms with Crippen molar-refractivity contribution in [3.63, 3.8) is 0 Å². The van der Waals surface area contributed by atoms with Gasteiger partial charge in [-0.2, -0.15) is 0 Å². The van der Waals surface area contributed by atoms with Gasteiger partial charge in [0.1, 0.15) is 0 Å². The van der Waals surface area contributed by atoms with Crippen molar-refractivity contribution in [1.29, 1.82) is 0 Å². The number of benzene rings is 3. The van der Waals surface area contributed by atoms with Gasteiger partial charge < -0.3 is 10.6 Å². The second-order valence-electron chi connectivity index (χ2n) is 7.88. The molecule has 3 aromatic rings. The van der Waals surface area contributed by atoms with Crippen LogP contribution in [-0.2, 0) is 16.4 Å². The van der Waals surface area contributed by atoms with Crippen molar-refractivity contribution in [1.82, 2.24) is 0 Å². The molecule has 0 aliphatic carbocycles. The van der Waals surface area contributed by atoms with Gasteiger partial charge in [-0.05, 0) is 68.7 Å². The molecule has 1 aliphatic heterocycles. The number of anilines is 3. The Bertz CT molecular complexity index is 1250. The molecule has 0 atom stereocenters. The Morgan fingerprint density at radius 1 is 0.871 bits per heavy atom. The molecule has 6 nitrogen and oxygen atoms in total. The number of nitrogens with zero attached hydrogens (tertiary/aromatic N) is 1. The van der Waals surface area contributed by atoms with Crippen LogP contribution in [-0.4, -0.2) is 21.0 Å². The van der Waals surface area contributed by atoms with Gasteiger partial charge in [0.05, 0.1) is 10.6 Å². The van der Waals surface area contributed by atoms with Crippen LogP contribution in [0, 0.1) is 20.8 Å². The van der Waals surface area contributed by atoms with E-state index in [1.165, 1.54) is 4.31 Å². The van der Waals surface area contributed by atoms with Gasteiger partial charge in [0, 0.05) is 17.9 Å². The smallest absolute Gasteiger partial charge is 0.308 e. The lowest BCUT2D eigenvalue weighted by molar-refractivity contribution is 0.262. The van der Waals surface area contributed by atoms with Crippen LogP contribution >= 0.6 is 0 Å². The fourth-order valence-electron chi connectivity index (χ4n) is 3.75. The summed E-state index contributed by atoms with van der Waals surface area (Å²) in [5.74, 6) is 0. The number of carbonyl (C=O) groups is 1. The summed E-state index contributed by atoms with van der Waals surface area (Å²) in [6.45, 7) is 6.23. The number of hydrogen-bond acceptors (Lipinski definition) is 3. The third-order valence-electron chi connectivity index (χ3n) is 5.44. The Morgan fingerprint density at radius 3 is 2.29 bits per heavy atom. The quantitative estimate of drug-likeness (QED) is 0.605. The molecule has 7 heteroatoms. The second kappa shape index (κ2) is 8.07. The van der Waals surface area contributed by atoms with Crippen molar-refractivity contribution < 1.29 is 13.2 Å². The molecule has 0 saturated carbocycles. The van der Waals surface area contributed by atoms with Crippen LogP contribution in [0.1, 0.15) is 22.3 Å².